The number of halogens is 1. The second-order valence-electron chi connectivity index (χ2n) is 6.51. The largest absolute Gasteiger partial charge is 0.455 e. The van der Waals surface area contributed by atoms with Gasteiger partial charge in [-0.25, -0.2) is 14.6 Å². The average Bonchev–Trinajstić information content (AvgIpc) is 3.08. The minimum Gasteiger partial charge on any atom is -0.455 e. The third-order valence-electron chi connectivity index (χ3n) is 4.49. The van der Waals surface area contributed by atoms with Gasteiger partial charge in [-0.3, -0.25) is 20.4 Å². The van der Waals surface area contributed by atoms with Crippen molar-refractivity contribution in [3.8, 4) is 0 Å². The van der Waals surface area contributed by atoms with Gasteiger partial charge in [-0.05, 0) is 51.0 Å². The van der Waals surface area contributed by atoms with E-state index >= 15 is 0 Å². The highest BCUT2D eigenvalue weighted by Gasteiger charge is 2.28. The summed E-state index contributed by atoms with van der Waals surface area (Å²) in [5.41, 5.74) is 8.85. The molecule has 30 heavy (non-hydrogen) atoms. The molecular formula is C20H21FN4O5. The molecule has 2 aromatic rings. The number of furan rings is 1. The number of ether oxygens (including phenoxy) is 1. The van der Waals surface area contributed by atoms with Crippen molar-refractivity contribution in [2.45, 2.75) is 33.1 Å². The van der Waals surface area contributed by atoms with Crippen molar-refractivity contribution in [2.75, 3.05) is 6.61 Å². The average molecular weight is 416 g/mol. The number of fused-ring (bicyclic) bond motifs is 1. The highest BCUT2D eigenvalue weighted by Crippen LogP contribution is 2.29. The molecule has 0 saturated carbocycles. The van der Waals surface area contributed by atoms with Crippen molar-refractivity contribution in [2.24, 2.45) is 5.10 Å². The number of hydrogen-bond acceptors (Lipinski definition) is 6. The molecule has 1 aromatic heterocycles. The van der Waals surface area contributed by atoms with Crippen LogP contribution in [-0.2, 0) is 11.2 Å². The van der Waals surface area contributed by atoms with Gasteiger partial charge in [0.05, 0.1) is 12.3 Å². The van der Waals surface area contributed by atoms with Gasteiger partial charge < -0.3 is 9.15 Å². The highest BCUT2D eigenvalue weighted by molar-refractivity contribution is 6.07. The molecular weight excluding hydrogens is 395 g/mol. The lowest BCUT2D eigenvalue weighted by molar-refractivity contribution is 0.0829. The van der Waals surface area contributed by atoms with E-state index in [1.54, 1.807) is 13.8 Å². The Kier molecular flexibility index (Phi) is 6.45. The standard InChI is InChI=1S/C20H21FN4O5/c1-3-29-20(28)25-22-14-5-4-6-15-16(14)11(2)17(30-15)19(27)24-23-18(26)12-7-9-13(21)10-8-12/h7-10H,3-6H2,1-2H3,(H,23,26)(H,24,27)(H,25,28)/b22-14+. The highest BCUT2D eigenvalue weighted by atomic mass is 19.1. The molecule has 3 N–H and O–H groups in total. The van der Waals surface area contributed by atoms with Crippen LogP contribution in [0.5, 0.6) is 0 Å². The van der Waals surface area contributed by atoms with E-state index in [0.29, 0.717) is 35.4 Å². The quantitative estimate of drug-likeness (QED) is 0.662. The smallest absolute Gasteiger partial charge is 0.427 e. The lowest BCUT2D eigenvalue weighted by atomic mass is 9.93. The Morgan fingerprint density at radius 2 is 1.83 bits per heavy atom. The lowest BCUT2D eigenvalue weighted by Crippen LogP contribution is -2.41. The number of carbonyl (C=O) groups excluding carboxylic acids is 3. The predicted octanol–water partition coefficient (Wildman–Crippen LogP) is 2.59. The molecule has 0 unspecified atom stereocenters. The summed E-state index contributed by atoms with van der Waals surface area (Å²) in [6, 6.07) is 4.89. The maximum atomic E-state index is 13.0. The number of rotatable bonds is 4. The van der Waals surface area contributed by atoms with Crippen molar-refractivity contribution >= 4 is 23.6 Å². The molecule has 0 fully saturated rings. The van der Waals surface area contributed by atoms with Gasteiger partial charge in [-0.15, -0.1) is 0 Å². The van der Waals surface area contributed by atoms with Crippen LogP contribution in [0.15, 0.2) is 33.8 Å². The Balaban J connectivity index is 1.72. The Morgan fingerprint density at radius 1 is 1.13 bits per heavy atom. The van der Waals surface area contributed by atoms with Crippen LogP contribution in [0.3, 0.4) is 0 Å². The summed E-state index contributed by atoms with van der Waals surface area (Å²) in [5, 5.41) is 4.10. The second-order valence-corrected chi connectivity index (χ2v) is 6.51. The number of hydrazone groups is 1. The van der Waals surface area contributed by atoms with E-state index in [-0.39, 0.29) is 17.9 Å². The molecule has 3 rings (SSSR count). The fourth-order valence-electron chi connectivity index (χ4n) is 3.12. The van der Waals surface area contributed by atoms with Crippen LogP contribution in [0, 0.1) is 12.7 Å². The SMILES string of the molecule is CCOC(=O)N/N=C1\CCCc2oc(C(=O)NNC(=O)c3ccc(F)cc3)c(C)c21. The van der Waals surface area contributed by atoms with Gasteiger partial charge in [0.15, 0.2) is 5.76 Å². The summed E-state index contributed by atoms with van der Waals surface area (Å²) in [4.78, 5) is 36.1. The van der Waals surface area contributed by atoms with E-state index < -0.39 is 23.7 Å². The zero-order chi connectivity index (χ0) is 21.7. The molecule has 0 atom stereocenters. The maximum absolute atomic E-state index is 13.0. The molecule has 0 spiro atoms. The van der Waals surface area contributed by atoms with E-state index in [9.17, 15) is 18.8 Å². The Labute approximate surface area is 171 Å². The third kappa shape index (κ3) is 4.65. The molecule has 0 saturated heterocycles. The molecule has 0 radical (unpaired) electrons. The first-order chi connectivity index (χ1) is 14.4. The van der Waals surface area contributed by atoms with E-state index in [4.69, 9.17) is 9.15 Å². The van der Waals surface area contributed by atoms with Crippen LogP contribution in [0.4, 0.5) is 9.18 Å². The number of nitrogens with zero attached hydrogens (tertiary/aromatic N) is 1. The van der Waals surface area contributed by atoms with Gasteiger partial charge in [-0.1, -0.05) is 0 Å². The fourth-order valence-corrected chi connectivity index (χ4v) is 3.12. The van der Waals surface area contributed by atoms with Crippen molar-refractivity contribution in [1.82, 2.24) is 16.3 Å². The van der Waals surface area contributed by atoms with Gasteiger partial charge in [0.2, 0.25) is 0 Å². The molecule has 10 heteroatoms. The van der Waals surface area contributed by atoms with Gasteiger partial charge >= 0.3 is 12.0 Å². The molecule has 1 heterocycles. The Hall–Kier alpha value is -3.69. The summed E-state index contributed by atoms with van der Waals surface area (Å²) < 4.78 is 23.4. The molecule has 158 valence electrons. The van der Waals surface area contributed by atoms with Crippen LogP contribution < -0.4 is 16.3 Å². The lowest BCUT2D eigenvalue weighted by Gasteiger charge is -2.13. The number of nitrogens with one attached hydrogen (secondary N) is 3. The molecule has 3 amide bonds. The number of amides is 3. The normalized spacial score (nSPS) is 14.0. The van der Waals surface area contributed by atoms with Gasteiger partial charge in [-0.2, -0.15) is 5.10 Å². The van der Waals surface area contributed by atoms with Crippen LogP contribution in [-0.4, -0.2) is 30.2 Å². The fraction of sp³-hybridized carbons (Fsp3) is 0.300. The summed E-state index contributed by atoms with van der Waals surface area (Å²) in [5.74, 6) is -1.10. The van der Waals surface area contributed by atoms with Crippen molar-refractivity contribution in [1.29, 1.82) is 0 Å². The molecule has 9 nitrogen and oxygen atoms in total. The van der Waals surface area contributed by atoms with Crippen LogP contribution in [0.25, 0.3) is 0 Å². The monoisotopic (exact) mass is 416 g/mol. The minimum atomic E-state index is -0.667. The van der Waals surface area contributed by atoms with E-state index in [0.717, 1.165) is 18.6 Å². The number of hydrazine groups is 1. The topological polar surface area (TPSA) is 122 Å². The third-order valence-corrected chi connectivity index (χ3v) is 4.49. The molecule has 0 bridgehead atoms. The Bertz CT molecular complexity index is 997. The summed E-state index contributed by atoms with van der Waals surface area (Å²) >= 11 is 0. The maximum Gasteiger partial charge on any atom is 0.427 e. The van der Waals surface area contributed by atoms with Crippen LogP contribution in [0.2, 0.25) is 0 Å². The zero-order valence-corrected chi connectivity index (χ0v) is 16.5. The first kappa shape index (κ1) is 21.0. The van der Waals surface area contributed by atoms with Gasteiger partial charge in [0, 0.05) is 23.1 Å². The summed E-state index contributed by atoms with van der Waals surface area (Å²) in [6.45, 7) is 3.61. The first-order valence-electron chi connectivity index (χ1n) is 9.39. The van der Waals surface area contributed by atoms with Crippen molar-refractivity contribution in [3.05, 3.63) is 58.3 Å². The zero-order valence-electron chi connectivity index (χ0n) is 16.5. The van der Waals surface area contributed by atoms with Crippen LogP contribution >= 0.6 is 0 Å². The van der Waals surface area contributed by atoms with Crippen molar-refractivity contribution in [3.63, 3.8) is 0 Å². The molecule has 1 aliphatic carbocycles. The van der Waals surface area contributed by atoms with Gasteiger partial charge in [0.25, 0.3) is 5.91 Å². The van der Waals surface area contributed by atoms with E-state index in [2.05, 4.69) is 21.4 Å². The number of carbonyl (C=O) groups is 3. The molecule has 1 aliphatic rings. The number of aryl methyl sites for hydroxylation is 1. The van der Waals surface area contributed by atoms with Crippen molar-refractivity contribution < 1.29 is 27.9 Å². The van der Waals surface area contributed by atoms with E-state index in [1.165, 1.54) is 12.1 Å². The first-order valence-corrected chi connectivity index (χ1v) is 9.39. The minimum absolute atomic E-state index is 0.0325. The van der Waals surface area contributed by atoms with Crippen LogP contribution in [0.1, 0.15) is 57.6 Å². The van der Waals surface area contributed by atoms with E-state index in [1.807, 2.05) is 0 Å². The number of benzene rings is 1. The van der Waals surface area contributed by atoms with Gasteiger partial charge in [0.1, 0.15) is 11.6 Å². The summed E-state index contributed by atoms with van der Waals surface area (Å²) in [6.07, 6.45) is 1.29. The number of hydrogen-bond donors (Lipinski definition) is 3. The predicted molar refractivity (Wildman–Crippen MR) is 104 cm³/mol. The summed E-state index contributed by atoms with van der Waals surface area (Å²) in [7, 11) is 0. The molecule has 1 aromatic carbocycles. The molecule has 0 aliphatic heterocycles. The Morgan fingerprint density at radius 3 is 2.53 bits per heavy atom. The second kappa shape index (κ2) is 9.21.